The Bertz CT molecular complexity index is 398. The minimum Gasteiger partial charge on any atom is -0.394 e. The summed E-state index contributed by atoms with van der Waals surface area (Å²) in [4.78, 5) is 8.17. The number of nitrogens with zero attached hydrogens (tertiary/aromatic N) is 2. The van der Waals surface area contributed by atoms with Crippen molar-refractivity contribution < 1.29 is 9.84 Å². The number of nitrogen functional groups attached to an aromatic ring is 1. The molecule has 0 spiro atoms. The molecule has 1 rings (SSSR count). The molecule has 0 saturated carbocycles. The summed E-state index contributed by atoms with van der Waals surface area (Å²) < 4.78 is 4.93. The van der Waals surface area contributed by atoms with Crippen LogP contribution >= 0.6 is 11.6 Å². The standard InChI is InChI=1S/C10H17ClN4O2/c1-10(2,5-16)15-9-7(12)8(11)13-6(14-9)4-17-3/h16H,4-5,12H2,1-3H3,(H,13,14,15). The maximum Gasteiger partial charge on any atom is 0.158 e. The predicted octanol–water partition coefficient (Wildman–Crippen LogP) is 1.04. The van der Waals surface area contributed by atoms with Crippen molar-refractivity contribution >= 4 is 23.1 Å². The van der Waals surface area contributed by atoms with Crippen LogP contribution in [0.3, 0.4) is 0 Å². The van der Waals surface area contributed by atoms with Crippen molar-refractivity contribution in [3.63, 3.8) is 0 Å². The number of methoxy groups -OCH3 is 1. The van der Waals surface area contributed by atoms with Crippen molar-refractivity contribution in [3.8, 4) is 0 Å². The van der Waals surface area contributed by atoms with E-state index in [1.807, 2.05) is 13.8 Å². The van der Waals surface area contributed by atoms with Crippen LogP contribution in [0.25, 0.3) is 0 Å². The van der Waals surface area contributed by atoms with Crippen molar-refractivity contribution in [1.82, 2.24) is 9.97 Å². The van der Waals surface area contributed by atoms with E-state index in [2.05, 4.69) is 15.3 Å². The van der Waals surface area contributed by atoms with Crippen molar-refractivity contribution in [3.05, 3.63) is 11.0 Å². The number of hydrogen-bond acceptors (Lipinski definition) is 6. The SMILES string of the molecule is COCc1nc(Cl)c(N)c(NC(C)(C)CO)n1. The van der Waals surface area contributed by atoms with E-state index in [0.29, 0.717) is 11.6 Å². The number of nitrogens with two attached hydrogens (primary N) is 1. The quantitative estimate of drug-likeness (QED) is 0.685. The van der Waals surface area contributed by atoms with Crippen LogP contribution in [-0.2, 0) is 11.3 Å². The molecule has 96 valence electrons. The van der Waals surface area contributed by atoms with E-state index in [1.54, 1.807) is 7.11 Å². The lowest BCUT2D eigenvalue weighted by Gasteiger charge is -2.25. The molecule has 0 bridgehead atoms. The summed E-state index contributed by atoms with van der Waals surface area (Å²) in [6, 6.07) is 0. The Morgan fingerprint density at radius 1 is 1.47 bits per heavy atom. The molecule has 17 heavy (non-hydrogen) atoms. The second kappa shape index (κ2) is 5.48. The number of aliphatic hydroxyl groups is 1. The molecule has 1 heterocycles. The van der Waals surface area contributed by atoms with Crippen molar-refractivity contribution in [1.29, 1.82) is 0 Å². The second-order valence-corrected chi connectivity index (χ2v) is 4.65. The molecule has 0 aliphatic heterocycles. The number of rotatable bonds is 5. The molecule has 0 amide bonds. The molecular formula is C10H17ClN4O2. The summed E-state index contributed by atoms with van der Waals surface area (Å²) in [5.74, 6) is 0.832. The maximum absolute atomic E-state index is 9.18. The molecule has 4 N–H and O–H groups in total. The Morgan fingerprint density at radius 2 is 2.12 bits per heavy atom. The van der Waals surface area contributed by atoms with Gasteiger partial charge >= 0.3 is 0 Å². The first-order valence-electron chi connectivity index (χ1n) is 5.09. The fourth-order valence-corrected chi connectivity index (χ4v) is 1.32. The highest BCUT2D eigenvalue weighted by atomic mass is 35.5. The third kappa shape index (κ3) is 3.69. The van der Waals surface area contributed by atoms with E-state index >= 15 is 0 Å². The smallest absolute Gasteiger partial charge is 0.158 e. The fraction of sp³-hybridized carbons (Fsp3) is 0.600. The van der Waals surface area contributed by atoms with Gasteiger partial charge in [0.15, 0.2) is 16.8 Å². The third-order valence-electron chi connectivity index (χ3n) is 2.07. The molecule has 0 aromatic carbocycles. The van der Waals surface area contributed by atoms with Gasteiger partial charge in [0.2, 0.25) is 0 Å². The van der Waals surface area contributed by atoms with E-state index in [-0.39, 0.29) is 24.1 Å². The van der Waals surface area contributed by atoms with E-state index in [9.17, 15) is 5.11 Å². The first-order chi connectivity index (χ1) is 7.89. The van der Waals surface area contributed by atoms with E-state index < -0.39 is 5.54 Å². The number of ether oxygens (including phenoxy) is 1. The summed E-state index contributed by atoms with van der Waals surface area (Å²) in [6.07, 6.45) is 0. The van der Waals surface area contributed by atoms with Crippen LogP contribution in [0.5, 0.6) is 0 Å². The van der Waals surface area contributed by atoms with Crippen LogP contribution in [-0.4, -0.2) is 34.3 Å². The molecule has 1 aromatic rings. The van der Waals surface area contributed by atoms with E-state index in [0.717, 1.165) is 0 Å². The Morgan fingerprint density at radius 3 is 2.65 bits per heavy atom. The Hall–Kier alpha value is -1.11. The van der Waals surface area contributed by atoms with Crippen LogP contribution < -0.4 is 11.1 Å². The van der Waals surface area contributed by atoms with Gasteiger partial charge in [-0.25, -0.2) is 9.97 Å². The van der Waals surface area contributed by atoms with Crippen LogP contribution in [0.2, 0.25) is 5.15 Å². The van der Waals surface area contributed by atoms with Crippen LogP contribution in [0.1, 0.15) is 19.7 Å². The van der Waals surface area contributed by atoms with Gasteiger partial charge in [-0.1, -0.05) is 11.6 Å². The van der Waals surface area contributed by atoms with Gasteiger partial charge in [0, 0.05) is 7.11 Å². The number of aliphatic hydroxyl groups excluding tert-OH is 1. The molecule has 0 aliphatic rings. The maximum atomic E-state index is 9.18. The summed E-state index contributed by atoms with van der Waals surface area (Å²) in [7, 11) is 1.54. The highest BCUT2D eigenvalue weighted by Gasteiger charge is 2.20. The third-order valence-corrected chi connectivity index (χ3v) is 2.36. The number of nitrogens with one attached hydrogen (secondary N) is 1. The van der Waals surface area contributed by atoms with Gasteiger partial charge < -0.3 is 20.9 Å². The Kier molecular flexibility index (Phi) is 4.50. The lowest BCUT2D eigenvalue weighted by molar-refractivity contribution is 0.178. The van der Waals surface area contributed by atoms with Gasteiger partial charge in [0.1, 0.15) is 12.3 Å². The zero-order valence-corrected chi connectivity index (χ0v) is 10.9. The van der Waals surface area contributed by atoms with Crippen LogP contribution in [0.15, 0.2) is 0 Å². The topological polar surface area (TPSA) is 93.3 Å². The van der Waals surface area contributed by atoms with Gasteiger partial charge in [0.05, 0.1) is 12.1 Å². The average molecular weight is 261 g/mol. The zero-order chi connectivity index (χ0) is 13.1. The van der Waals surface area contributed by atoms with Gasteiger partial charge in [-0.3, -0.25) is 0 Å². The van der Waals surface area contributed by atoms with Crippen LogP contribution in [0, 0.1) is 0 Å². The molecule has 0 radical (unpaired) electrons. The van der Waals surface area contributed by atoms with E-state index in [4.69, 9.17) is 22.1 Å². The molecule has 0 fully saturated rings. The predicted molar refractivity (Wildman–Crippen MR) is 67.0 cm³/mol. The first kappa shape index (κ1) is 14.0. The highest BCUT2D eigenvalue weighted by molar-refractivity contribution is 6.32. The molecular weight excluding hydrogens is 244 g/mol. The Balaban J connectivity index is 3.05. The molecule has 0 saturated heterocycles. The van der Waals surface area contributed by atoms with Gasteiger partial charge in [-0.2, -0.15) is 0 Å². The highest BCUT2D eigenvalue weighted by Crippen LogP contribution is 2.26. The van der Waals surface area contributed by atoms with Gasteiger partial charge in [-0.15, -0.1) is 0 Å². The average Bonchev–Trinajstić information content (AvgIpc) is 2.25. The second-order valence-electron chi connectivity index (χ2n) is 4.29. The number of aromatic nitrogens is 2. The minimum absolute atomic E-state index is 0.0618. The molecule has 1 aromatic heterocycles. The van der Waals surface area contributed by atoms with Gasteiger partial charge in [0.25, 0.3) is 0 Å². The summed E-state index contributed by atoms with van der Waals surface area (Å²) >= 11 is 5.89. The molecule has 0 aliphatic carbocycles. The van der Waals surface area contributed by atoms with Crippen molar-refractivity contribution in [2.75, 3.05) is 24.8 Å². The Labute approximate surface area is 105 Å². The number of hydrogen-bond donors (Lipinski definition) is 3. The lowest BCUT2D eigenvalue weighted by Crippen LogP contribution is -2.35. The summed E-state index contributed by atoms with van der Waals surface area (Å²) in [5.41, 5.74) is 5.48. The summed E-state index contributed by atoms with van der Waals surface area (Å²) in [6.45, 7) is 3.82. The molecule has 0 atom stereocenters. The largest absolute Gasteiger partial charge is 0.394 e. The monoisotopic (exact) mass is 260 g/mol. The van der Waals surface area contributed by atoms with Crippen molar-refractivity contribution in [2.24, 2.45) is 0 Å². The molecule has 0 unspecified atom stereocenters. The first-order valence-corrected chi connectivity index (χ1v) is 5.47. The molecule has 6 nitrogen and oxygen atoms in total. The van der Waals surface area contributed by atoms with Crippen molar-refractivity contribution in [2.45, 2.75) is 26.0 Å². The fourth-order valence-electron chi connectivity index (χ4n) is 1.13. The minimum atomic E-state index is -0.545. The van der Waals surface area contributed by atoms with E-state index in [1.165, 1.54) is 0 Å². The summed E-state index contributed by atoms with van der Waals surface area (Å²) in [5, 5.41) is 12.4. The normalized spacial score (nSPS) is 11.6. The zero-order valence-electron chi connectivity index (χ0n) is 10.1. The van der Waals surface area contributed by atoms with Crippen LogP contribution in [0.4, 0.5) is 11.5 Å². The number of anilines is 2. The van der Waals surface area contributed by atoms with Gasteiger partial charge in [-0.05, 0) is 13.8 Å². The molecule has 7 heteroatoms. The lowest BCUT2D eigenvalue weighted by atomic mass is 10.1. The number of halogens is 1.